The molecule has 2 aliphatic rings. The molecule has 1 aromatic carbocycles. The van der Waals surface area contributed by atoms with E-state index >= 15 is 0 Å². The summed E-state index contributed by atoms with van der Waals surface area (Å²) in [6.07, 6.45) is 3.74. The summed E-state index contributed by atoms with van der Waals surface area (Å²) in [6, 6.07) is 9.95. The average molecular weight is 322 g/mol. The third kappa shape index (κ3) is 3.36. The van der Waals surface area contributed by atoms with Gasteiger partial charge < -0.3 is 0 Å². The summed E-state index contributed by atoms with van der Waals surface area (Å²) in [5.74, 6) is 0.676. The number of nitrogens with zero attached hydrogens (tertiary/aromatic N) is 2. The SMILES string of the molecule is CCCCCN1CC2CN(S(=O)(=O)Cc3ccccc3)CC21. The summed E-state index contributed by atoms with van der Waals surface area (Å²) in [7, 11) is -3.18. The minimum atomic E-state index is -3.18. The monoisotopic (exact) mass is 322 g/mol. The number of hydrogen-bond acceptors (Lipinski definition) is 3. The van der Waals surface area contributed by atoms with Crippen molar-refractivity contribution in [1.29, 1.82) is 0 Å². The maximum atomic E-state index is 12.6. The molecule has 0 N–H and O–H groups in total. The van der Waals surface area contributed by atoms with Crippen LogP contribution < -0.4 is 0 Å². The molecular formula is C17H26N2O2S. The molecular weight excluding hydrogens is 296 g/mol. The van der Waals surface area contributed by atoms with E-state index in [1.165, 1.54) is 19.3 Å². The molecule has 0 amide bonds. The second-order valence-corrected chi connectivity index (χ2v) is 8.56. The predicted octanol–water partition coefficient (Wildman–Crippen LogP) is 2.32. The molecule has 3 rings (SSSR count). The Morgan fingerprint density at radius 3 is 2.59 bits per heavy atom. The lowest BCUT2D eigenvalue weighted by molar-refractivity contribution is 0.0501. The van der Waals surface area contributed by atoms with Crippen LogP contribution in [0.3, 0.4) is 0 Å². The normalized spacial score (nSPS) is 25.9. The van der Waals surface area contributed by atoms with Crippen molar-refractivity contribution in [1.82, 2.24) is 9.21 Å². The zero-order valence-electron chi connectivity index (χ0n) is 13.3. The van der Waals surface area contributed by atoms with Crippen molar-refractivity contribution in [2.75, 3.05) is 26.2 Å². The molecule has 5 heteroatoms. The molecule has 0 spiro atoms. The molecule has 2 saturated heterocycles. The lowest BCUT2D eigenvalue weighted by Crippen LogP contribution is -2.55. The molecule has 0 aromatic heterocycles. The smallest absolute Gasteiger partial charge is 0.218 e. The van der Waals surface area contributed by atoms with E-state index in [-0.39, 0.29) is 5.75 Å². The number of fused-ring (bicyclic) bond motifs is 1. The molecule has 0 bridgehead atoms. The maximum Gasteiger partial charge on any atom is 0.218 e. The fourth-order valence-corrected chi connectivity index (χ4v) is 5.23. The number of hydrogen-bond donors (Lipinski definition) is 0. The predicted molar refractivity (Wildman–Crippen MR) is 89.0 cm³/mol. The van der Waals surface area contributed by atoms with Gasteiger partial charge >= 0.3 is 0 Å². The summed E-state index contributed by atoms with van der Waals surface area (Å²) >= 11 is 0. The highest BCUT2D eigenvalue weighted by Gasteiger charge is 2.48. The maximum absolute atomic E-state index is 12.6. The first kappa shape index (κ1) is 16.0. The van der Waals surface area contributed by atoms with Crippen molar-refractivity contribution in [3.8, 4) is 0 Å². The van der Waals surface area contributed by atoms with E-state index in [2.05, 4.69) is 11.8 Å². The topological polar surface area (TPSA) is 40.6 Å². The second kappa shape index (κ2) is 6.69. The minimum Gasteiger partial charge on any atom is -0.298 e. The van der Waals surface area contributed by atoms with Gasteiger partial charge in [-0.25, -0.2) is 8.42 Å². The van der Waals surface area contributed by atoms with Crippen LogP contribution in [0, 0.1) is 5.92 Å². The van der Waals surface area contributed by atoms with E-state index in [0.29, 0.717) is 25.0 Å². The third-order valence-electron chi connectivity index (χ3n) is 4.95. The second-order valence-electron chi connectivity index (χ2n) is 6.59. The van der Waals surface area contributed by atoms with Crippen LogP contribution in [0.2, 0.25) is 0 Å². The Balaban J connectivity index is 1.56. The van der Waals surface area contributed by atoms with E-state index < -0.39 is 10.0 Å². The zero-order chi connectivity index (χ0) is 15.6. The molecule has 0 radical (unpaired) electrons. The van der Waals surface area contributed by atoms with Gasteiger partial charge in [0.1, 0.15) is 0 Å². The Kier molecular flexibility index (Phi) is 4.85. The number of rotatable bonds is 7. The van der Waals surface area contributed by atoms with Gasteiger partial charge in [-0.2, -0.15) is 4.31 Å². The Bertz CT molecular complexity index is 588. The Morgan fingerprint density at radius 2 is 1.86 bits per heavy atom. The van der Waals surface area contributed by atoms with Crippen LogP contribution in [0.15, 0.2) is 30.3 Å². The van der Waals surface area contributed by atoms with Gasteiger partial charge in [-0.05, 0) is 18.5 Å². The molecule has 1 aromatic rings. The van der Waals surface area contributed by atoms with Crippen LogP contribution in [0.25, 0.3) is 0 Å². The van der Waals surface area contributed by atoms with Crippen molar-refractivity contribution >= 4 is 10.0 Å². The lowest BCUT2D eigenvalue weighted by Gasteiger charge is -2.43. The first-order valence-corrected chi connectivity index (χ1v) is 9.97. The third-order valence-corrected chi connectivity index (χ3v) is 6.73. The van der Waals surface area contributed by atoms with Gasteiger partial charge in [0.05, 0.1) is 5.75 Å². The summed E-state index contributed by atoms with van der Waals surface area (Å²) < 4.78 is 26.9. The zero-order valence-corrected chi connectivity index (χ0v) is 14.1. The van der Waals surface area contributed by atoms with Crippen molar-refractivity contribution in [3.63, 3.8) is 0 Å². The van der Waals surface area contributed by atoms with Crippen molar-refractivity contribution in [3.05, 3.63) is 35.9 Å². The van der Waals surface area contributed by atoms with Crippen LogP contribution in [0.5, 0.6) is 0 Å². The van der Waals surface area contributed by atoms with Gasteiger partial charge in [-0.1, -0.05) is 50.1 Å². The Labute approximate surface area is 134 Å². The van der Waals surface area contributed by atoms with Gasteiger partial charge in [-0.3, -0.25) is 4.90 Å². The van der Waals surface area contributed by atoms with Crippen LogP contribution in [-0.2, 0) is 15.8 Å². The molecule has 122 valence electrons. The number of benzene rings is 1. The molecule has 2 atom stereocenters. The average Bonchev–Trinajstić information content (AvgIpc) is 2.82. The molecule has 4 nitrogen and oxygen atoms in total. The fourth-order valence-electron chi connectivity index (χ4n) is 3.63. The number of sulfonamides is 1. The van der Waals surface area contributed by atoms with Crippen molar-refractivity contribution in [2.24, 2.45) is 5.92 Å². The van der Waals surface area contributed by atoms with E-state index in [1.807, 2.05) is 30.3 Å². The van der Waals surface area contributed by atoms with Gasteiger partial charge in [0.25, 0.3) is 0 Å². The van der Waals surface area contributed by atoms with Crippen LogP contribution in [-0.4, -0.2) is 49.8 Å². The van der Waals surface area contributed by atoms with Crippen LogP contribution >= 0.6 is 0 Å². The minimum absolute atomic E-state index is 0.128. The van der Waals surface area contributed by atoms with E-state index in [0.717, 1.165) is 18.7 Å². The Morgan fingerprint density at radius 1 is 1.09 bits per heavy atom. The quantitative estimate of drug-likeness (QED) is 0.723. The number of unbranched alkanes of at least 4 members (excludes halogenated alkanes) is 2. The van der Waals surface area contributed by atoms with E-state index in [4.69, 9.17) is 0 Å². The highest BCUT2D eigenvalue weighted by molar-refractivity contribution is 7.88. The van der Waals surface area contributed by atoms with Gasteiger partial charge in [-0.15, -0.1) is 0 Å². The summed E-state index contributed by atoms with van der Waals surface area (Å²) in [5, 5.41) is 0. The summed E-state index contributed by atoms with van der Waals surface area (Å²) in [4.78, 5) is 2.47. The van der Waals surface area contributed by atoms with Crippen molar-refractivity contribution in [2.45, 2.75) is 38.0 Å². The molecule has 0 saturated carbocycles. The highest BCUT2D eigenvalue weighted by Crippen LogP contribution is 2.34. The van der Waals surface area contributed by atoms with Crippen LogP contribution in [0.1, 0.15) is 31.7 Å². The standard InChI is InChI=1S/C17H26N2O2S/c1-2-3-7-10-18-11-16-12-19(13-17(16)18)22(20,21)14-15-8-5-4-6-9-15/h4-6,8-9,16-17H,2-3,7,10-14H2,1H3. The molecule has 2 heterocycles. The van der Waals surface area contributed by atoms with E-state index in [9.17, 15) is 8.42 Å². The molecule has 0 aliphatic carbocycles. The fraction of sp³-hybridized carbons (Fsp3) is 0.647. The first-order chi connectivity index (χ1) is 10.6. The van der Waals surface area contributed by atoms with E-state index in [1.54, 1.807) is 4.31 Å². The molecule has 2 fully saturated rings. The largest absolute Gasteiger partial charge is 0.298 e. The molecule has 2 unspecified atom stereocenters. The van der Waals surface area contributed by atoms with Gasteiger partial charge in [0.15, 0.2) is 0 Å². The van der Waals surface area contributed by atoms with Gasteiger partial charge in [0.2, 0.25) is 10.0 Å². The van der Waals surface area contributed by atoms with Gasteiger partial charge in [0, 0.05) is 31.6 Å². The first-order valence-electron chi connectivity index (χ1n) is 8.36. The lowest BCUT2D eigenvalue weighted by atomic mass is 9.92. The van der Waals surface area contributed by atoms with Crippen molar-refractivity contribution < 1.29 is 8.42 Å². The Hall–Kier alpha value is -0.910. The molecule has 22 heavy (non-hydrogen) atoms. The molecule has 2 aliphatic heterocycles. The number of likely N-dealkylation sites (tertiary alicyclic amines) is 1. The highest BCUT2D eigenvalue weighted by atomic mass is 32.2. The van der Waals surface area contributed by atoms with Crippen LogP contribution in [0.4, 0.5) is 0 Å². The summed E-state index contributed by atoms with van der Waals surface area (Å²) in [5.41, 5.74) is 0.876. The summed E-state index contributed by atoms with van der Waals surface area (Å²) in [6.45, 7) is 5.82.